The van der Waals surface area contributed by atoms with Crippen LogP contribution in [0, 0.1) is 0 Å². The van der Waals surface area contributed by atoms with E-state index in [4.69, 9.17) is 9.72 Å². The van der Waals surface area contributed by atoms with Crippen molar-refractivity contribution in [1.29, 1.82) is 0 Å². The van der Waals surface area contributed by atoms with Gasteiger partial charge in [0.2, 0.25) is 17.8 Å². The molecule has 372 valence electrons. The highest BCUT2D eigenvalue weighted by molar-refractivity contribution is 9.10. The molecule has 17 nitrogen and oxygen atoms in total. The van der Waals surface area contributed by atoms with Crippen LogP contribution in [0.3, 0.4) is 0 Å². The molecule has 20 heteroatoms. The number of piperidine rings is 2. The maximum absolute atomic E-state index is 16.9. The fraction of sp³-hybridized carbons (Fsp3) is 0.327. The fourth-order valence-corrected chi connectivity index (χ4v) is 11.5. The molecule has 4 aromatic carbocycles. The van der Waals surface area contributed by atoms with Crippen molar-refractivity contribution in [1.82, 2.24) is 34.9 Å². The van der Waals surface area contributed by atoms with E-state index >= 15 is 4.39 Å². The minimum Gasteiger partial charge on any atom is -0.494 e. The number of aromatic nitrogens is 4. The zero-order valence-corrected chi connectivity index (χ0v) is 42.8. The number of methoxy groups -OCH3 is 1. The summed E-state index contributed by atoms with van der Waals surface area (Å²) in [5.41, 5.74) is 5.72. The van der Waals surface area contributed by atoms with E-state index in [0.29, 0.717) is 90.8 Å². The number of fused-ring (bicyclic) bond motifs is 1. The van der Waals surface area contributed by atoms with Gasteiger partial charge in [0.05, 0.1) is 40.3 Å². The summed E-state index contributed by atoms with van der Waals surface area (Å²) in [4.78, 5) is 67.8. The lowest BCUT2D eigenvalue weighted by molar-refractivity contribution is -0.136. The molecule has 10 rings (SSSR count). The highest BCUT2D eigenvalue weighted by Gasteiger charge is 2.45. The molecule has 3 saturated heterocycles. The standard InChI is InChI=1S/C52H54BrFN11O6P/c1-61-30-34(28-56-61)37-26-41(58-51-55-29-39(53)47(60-51)57-40-13-10-33(24-45(40)72(3,4)70)32-8-6-5-7-9-32)44(71-2)27-43(37)64-18-16-52(54,17-19-64)31-62-20-22-63(23-21-62)35-11-12-36-38(25-35)50(69)65(49(36)68)42-14-15-46(66)59-48(42)67/h5-13,24-30,42H,14-23,31H2,1-4H3,(H,59,66,67)(H2,55,57,58,60). The Balaban J connectivity index is 0.809. The van der Waals surface area contributed by atoms with E-state index in [0.717, 1.165) is 38.5 Å². The van der Waals surface area contributed by atoms with Gasteiger partial charge >= 0.3 is 0 Å². The number of carbonyl (C=O) groups is 4. The summed E-state index contributed by atoms with van der Waals surface area (Å²) < 4.78 is 38.9. The van der Waals surface area contributed by atoms with Crippen LogP contribution >= 0.6 is 23.1 Å². The number of ether oxygens (including phenoxy) is 1. The second kappa shape index (κ2) is 19.6. The Morgan fingerprint density at radius 1 is 0.819 bits per heavy atom. The number of nitrogens with zero attached hydrogens (tertiary/aromatic N) is 8. The quantitative estimate of drug-likeness (QED) is 0.0759. The van der Waals surface area contributed by atoms with Crippen LogP contribution in [-0.2, 0) is 21.2 Å². The molecule has 4 aliphatic heterocycles. The Morgan fingerprint density at radius 2 is 1.57 bits per heavy atom. The molecule has 0 radical (unpaired) electrons. The third kappa shape index (κ3) is 9.84. The van der Waals surface area contributed by atoms with Gasteiger partial charge < -0.3 is 29.7 Å². The minimum atomic E-state index is -2.74. The Bertz CT molecular complexity index is 3170. The second-order valence-corrected chi connectivity index (χ2v) is 23.2. The molecular formula is C52H54BrFN11O6P. The number of hydrogen-bond acceptors (Lipinski definition) is 14. The van der Waals surface area contributed by atoms with Gasteiger partial charge in [-0.05, 0) is 83.2 Å². The maximum Gasteiger partial charge on any atom is 0.262 e. The van der Waals surface area contributed by atoms with Crippen LogP contribution < -0.4 is 35.8 Å². The molecule has 0 spiro atoms. The molecule has 0 saturated carbocycles. The van der Waals surface area contributed by atoms with Crippen LogP contribution in [0.2, 0.25) is 0 Å². The zero-order valence-electron chi connectivity index (χ0n) is 40.3. The number of nitrogens with one attached hydrogen (secondary N) is 3. The van der Waals surface area contributed by atoms with E-state index in [9.17, 15) is 23.7 Å². The summed E-state index contributed by atoms with van der Waals surface area (Å²) >= 11 is 3.61. The molecule has 72 heavy (non-hydrogen) atoms. The van der Waals surface area contributed by atoms with Crippen LogP contribution in [0.25, 0.3) is 22.3 Å². The molecule has 0 bridgehead atoms. The number of alkyl halides is 1. The van der Waals surface area contributed by atoms with E-state index in [1.165, 1.54) is 0 Å². The normalized spacial score (nSPS) is 18.3. The van der Waals surface area contributed by atoms with Crippen molar-refractivity contribution in [2.24, 2.45) is 7.05 Å². The predicted molar refractivity (Wildman–Crippen MR) is 280 cm³/mol. The second-order valence-electron chi connectivity index (χ2n) is 19.1. The van der Waals surface area contributed by atoms with Gasteiger partial charge in [0.15, 0.2) is 0 Å². The lowest BCUT2D eigenvalue weighted by Gasteiger charge is -2.43. The summed E-state index contributed by atoms with van der Waals surface area (Å²) in [6, 6.07) is 23.9. The van der Waals surface area contributed by atoms with Crippen LogP contribution in [-0.4, -0.2) is 131 Å². The lowest BCUT2D eigenvalue weighted by atomic mass is 9.91. The molecule has 6 aromatic rings. The van der Waals surface area contributed by atoms with Crippen molar-refractivity contribution in [3.8, 4) is 28.0 Å². The van der Waals surface area contributed by atoms with E-state index in [1.807, 2.05) is 80.0 Å². The van der Waals surface area contributed by atoms with E-state index in [2.05, 4.69) is 56.7 Å². The first-order valence-electron chi connectivity index (χ1n) is 23.8. The van der Waals surface area contributed by atoms with Crippen LogP contribution in [0.5, 0.6) is 5.75 Å². The molecule has 3 fully saturated rings. The lowest BCUT2D eigenvalue weighted by Crippen LogP contribution is -2.54. The summed E-state index contributed by atoms with van der Waals surface area (Å²) in [7, 11) is 0.720. The molecule has 6 heterocycles. The summed E-state index contributed by atoms with van der Waals surface area (Å²) in [5.74, 6) is -0.850. The number of carbonyl (C=O) groups excluding carboxylic acids is 4. The Labute approximate surface area is 424 Å². The van der Waals surface area contributed by atoms with Crippen molar-refractivity contribution in [2.75, 3.05) is 86.7 Å². The van der Waals surface area contributed by atoms with Gasteiger partial charge in [-0.2, -0.15) is 10.1 Å². The highest BCUT2D eigenvalue weighted by Crippen LogP contribution is 2.44. The fourth-order valence-electron chi connectivity index (χ4n) is 10.1. The number of aryl methyl sites for hydroxylation is 1. The first-order valence-corrected chi connectivity index (χ1v) is 27.2. The minimum absolute atomic E-state index is 0.0538. The van der Waals surface area contributed by atoms with Crippen molar-refractivity contribution in [3.63, 3.8) is 0 Å². The van der Waals surface area contributed by atoms with Crippen molar-refractivity contribution < 1.29 is 32.9 Å². The van der Waals surface area contributed by atoms with Gasteiger partial charge in [-0.3, -0.25) is 39.0 Å². The molecule has 4 aliphatic rings. The van der Waals surface area contributed by atoms with Gasteiger partial charge in [-0.1, -0.05) is 36.4 Å². The number of halogens is 2. The smallest absolute Gasteiger partial charge is 0.262 e. The molecule has 2 aromatic heterocycles. The molecule has 1 unspecified atom stereocenters. The first-order chi connectivity index (χ1) is 34.5. The van der Waals surface area contributed by atoms with Crippen LogP contribution in [0.15, 0.2) is 102 Å². The average molecular weight is 1060 g/mol. The zero-order chi connectivity index (χ0) is 50.5. The Morgan fingerprint density at radius 3 is 2.26 bits per heavy atom. The molecule has 3 N–H and O–H groups in total. The topological polar surface area (TPSA) is 187 Å². The number of amides is 4. The first kappa shape index (κ1) is 48.7. The molecular weight excluding hydrogens is 1000 g/mol. The summed E-state index contributed by atoms with van der Waals surface area (Å²) in [6.07, 6.45) is 6.17. The van der Waals surface area contributed by atoms with Gasteiger partial charge in [-0.25, -0.2) is 9.37 Å². The van der Waals surface area contributed by atoms with Crippen molar-refractivity contribution >= 4 is 86.5 Å². The van der Waals surface area contributed by atoms with Crippen molar-refractivity contribution in [3.05, 3.63) is 113 Å². The molecule has 0 aliphatic carbocycles. The number of imide groups is 2. The van der Waals surface area contributed by atoms with Gasteiger partial charge in [0, 0.05) is 118 Å². The number of rotatable bonds is 13. The summed E-state index contributed by atoms with van der Waals surface area (Å²) in [6.45, 7) is 7.16. The predicted octanol–water partition coefficient (Wildman–Crippen LogP) is 7.58. The van der Waals surface area contributed by atoms with Crippen molar-refractivity contribution in [2.45, 2.75) is 37.4 Å². The number of benzene rings is 4. The third-order valence-electron chi connectivity index (χ3n) is 13.9. The molecule has 4 amide bonds. The number of hydrogen-bond donors (Lipinski definition) is 3. The Hall–Kier alpha value is -6.95. The van der Waals surface area contributed by atoms with E-state index < -0.39 is 42.5 Å². The number of piperazine rings is 1. The summed E-state index contributed by atoms with van der Waals surface area (Å²) in [5, 5.41) is 14.2. The largest absolute Gasteiger partial charge is 0.494 e. The number of anilines is 6. The monoisotopic (exact) mass is 1060 g/mol. The van der Waals surface area contributed by atoms with Gasteiger partial charge in [0.25, 0.3) is 11.8 Å². The maximum atomic E-state index is 16.9. The van der Waals surface area contributed by atoms with Gasteiger partial charge in [-0.15, -0.1) is 0 Å². The van der Waals surface area contributed by atoms with E-state index in [-0.39, 0.29) is 30.5 Å². The third-order valence-corrected chi connectivity index (χ3v) is 16.0. The molecule has 1 atom stereocenters. The van der Waals surface area contributed by atoms with Crippen LogP contribution in [0.4, 0.5) is 38.9 Å². The van der Waals surface area contributed by atoms with Crippen LogP contribution in [0.1, 0.15) is 46.4 Å². The SMILES string of the molecule is COc1cc(N2CCC(F)(CN3CCN(c4ccc5c(c4)C(=O)N(C4CCC(=O)NC4=O)C5=O)CC3)CC2)c(-c2cnn(C)c2)cc1Nc1ncc(Br)c(Nc2ccc(-c3ccccc3)cc2P(C)(C)=O)n1. The average Bonchev–Trinajstić information content (AvgIpc) is 3.91. The van der Waals surface area contributed by atoms with Gasteiger partial charge in [0.1, 0.15) is 30.4 Å². The Kier molecular flexibility index (Phi) is 13.2. The highest BCUT2D eigenvalue weighted by atomic mass is 79.9. The van der Waals surface area contributed by atoms with E-state index in [1.54, 1.807) is 49.6 Å².